The predicted octanol–water partition coefficient (Wildman–Crippen LogP) is 3.90. The molecule has 1 saturated heterocycles. The Balaban J connectivity index is 1.47. The van der Waals surface area contributed by atoms with Gasteiger partial charge in [0.15, 0.2) is 0 Å². The number of anilines is 1. The lowest BCUT2D eigenvalue weighted by Gasteiger charge is -2.15. The van der Waals surface area contributed by atoms with Crippen LogP contribution in [-0.4, -0.2) is 24.2 Å². The van der Waals surface area contributed by atoms with E-state index in [-0.39, 0.29) is 11.9 Å². The van der Waals surface area contributed by atoms with Gasteiger partial charge in [0.1, 0.15) is 5.75 Å². The Morgan fingerprint density at radius 1 is 1.08 bits per heavy atom. The summed E-state index contributed by atoms with van der Waals surface area (Å²) < 4.78 is 5.34. The molecule has 1 fully saturated rings. The standard InChI is InChI=1S/C19H19NO3S/c21-18-7-4-13-20(18)15-8-10-16(11-9-15)23-19(22)12-14-24-17-5-2-1-3-6-17/h1-3,5-6,8-11H,4,7,12-14H2. The summed E-state index contributed by atoms with van der Waals surface area (Å²) in [5.41, 5.74) is 0.858. The first kappa shape index (κ1) is 16.6. The Bertz CT molecular complexity index is 700. The van der Waals surface area contributed by atoms with E-state index in [0.29, 0.717) is 24.3 Å². The van der Waals surface area contributed by atoms with E-state index in [1.807, 2.05) is 42.5 Å². The molecule has 0 atom stereocenters. The number of amides is 1. The minimum atomic E-state index is -0.247. The number of rotatable bonds is 6. The van der Waals surface area contributed by atoms with Gasteiger partial charge in [0, 0.05) is 29.3 Å². The number of hydrogen-bond acceptors (Lipinski definition) is 4. The number of ether oxygens (including phenoxy) is 1. The van der Waals surface area contributed by atoms with Crippen molar-refractivity contribution in [1.29, 1.82) is 0 Å². The van der Waals surface area contributed by atoms with Gasteiger partial charge in [-0.2, -0.15) is 0 Å². The highest BCUT2D eigenvalue weighted by Gasteiger charge is 2.21. The van der Waals surface area contributed by atoms with E-state index >= 15 is 0 Å². The second-order valence-corrected chi connectivity index (χ2v) is 6.70. The van der Waals surface area contributed by atoms with Crippen molar-refractivity contribution in [2.24, 2.45) is 0 Å². The second-order valence-electron chi connectivity index (χ2n) is 5.53. The van der Waals surface area contributed by atoms with E-state index in [1.54, 1.807) is 28.8 Å². The van der Waals surface area contributed by atoms with E-state index < -0.39 is 0 Å². The molecular weight excluding hydrogens is 322 g/mol. The number of esters is 1. The van der Waals surface area contributed by atoms with Crippen LogP contribution in [-0.2, 0) is 9.59 Å². The minimum Gasteiger partial charge on any atom is -0.427 e. The molecule has 0 aromatic heterocycles. The van der Waals surface area contributed by atoms with Gasteiger partial charge in [0.2, 0.25) is 5.91 Å². The van der Waals surface area contributed by atoms with Crippen LogP contribution in [0.3, 0.4) is 0 Å². The summed E-state index contributed by atoms with van der Waals surface area (Å²) >= 11 is 1.63. The molecule has 1 aliphatic rings. The molecule has 3 rings (SSSR count). The SMILES string of the molecule is O=C(CCSc1ccccc1)Oc1ccc(N2CCCC2=O)cc1. The number of hydrogen-bond donors (Lipinski definition) is 0. The van der Waals surface area contributed by atoms with Gasteiger partial charge in [-0.05, 0) is 42.8 Å². The van der Waals surface area contributed by atoms with Crippen LogP contribution in [0.2, 0.25) is 0 Å². The van der Waals surface area contributed by atoms with Crippen LogP contribution in [0.1, 0.15) is 19.3 Å². The molecule has 1 amide bonds. The fraction of sp³-hybridized carbons (Fsp3) is 0.263. The lowest BCUT2D eigenvalue weighted by Crippen LogP contribution is -2.23. The molecule has 5 heteroatoms. The van der Waals surface area contributed by atoms with Crippen LogP contribution in [0.4, 0.5) is 5.69 Å². The summed E-state index contributed by atoms with van der Waals surface area (Å²) in [6.45, 7) is 0.759. The fourth-order valence-electron chi connectivity index (χ4n) is 2.57. The zero-order chi connectivity index (χ0) is 16.8. The maximum absolute atomic E-state index is 11.9. The summed E-state index contributed by atoms with van der Waals surface area (Å²) in [7, 11) is 0. The topological polar surface area (TPSA) is 46.6 Å². The predicted molar refractivity (Wildman–Crippen MR) is 95.4 cm³/mol. The Morgan fingerprint density at radius 2 is 1.83 bits per heavy atom. The lowest BCUT2D eigenvalue weighted by atomic mass is 10.3. The molecule has 0 saturated carbocycles. The summed E-state index contributed by atoms with van der Waals surface area (Å²) in [5, 5.41) is 0. The molecule has 2 aromatic rings. The smallest absolute Gasteiger partial charge is 0.312 e. The van der Waals surface area contributed by atoms with Gasteiger partial charge in [-0.3, -0.25) is 9.59 Å². The fourth-order valence-corrected chi connectivity index (χ4v) is 3.42. The van der Waals surface area contributed by atoms with Crippen LogP contribution in [0.15, 0.2) is 59.5 Å². The van der Waals surface area contributed by atoms with Crippen molar-refractivity contribution in [2.45, 2.75) is 24.2 Å². The Morgan fingerprint density at radius 3 is 2.50 bits per heavy atom. The molecule has 0 radical (unpaired) electrons. The molecule has 2 aromatic carbocycles. The molecule has 1 heterocycles. The van der Waals surface area contributed by atoms with Crippen molar-refractivity contribution in [3.8, 4) is 5.75 Å². The van der Waals surface area contributed by atoms with Crippen molar-refractivity contribution >= 4 is 29.3 Å². The van der Waals surface area contributed by atoms with Gasteiger partial charge < -0.3 is 9.64 Å². The highest BCUT2D eigenvalue weighted by atomic mass is 32.2. The first-order valence-corrected chi connectivity index (χ1v) is 9.00. The summed E-state index contributed by atoms with van der Waals surface area (Å²) in [4.78, 5) is 26.5. The van der Waals surface area contributed by atoms with Crippen molar-refractivity contribution in [1.82, 2.24) is 0 Å². The maximum atomic E-state index is 11.9. The van der Waals surface area contributed by atoms with Gasteiger partial charge in [-0.15, -0.1) is 11.8 Å². The zero-order valence-electron chi connectivity index (χ0n) is 13.3. The molecule has 0 N–H and O–H groups in total. The normalized spacial score (nSPS) is 14.0. The molecule has 4 nitrogen and oxygen atoms in total. The minimum absolute atomic E-state index is 0.151. The zero-order valence-corrected chi connectivity index (χ0v) is 14.1. The highest BCUT2D eigenvalue weighted by Crippen LogP contribution is 2.24. The second kappa shape index (κ2) is 8.02. The van der Waals surface area contributed by atoms with Crippen molar-refractivity contribution in [3.05, 3.63) is 54.6 Å². The average molecular weight is 341 g/mol. The average Bonchev–Trinajstić information content (AvgIpc) is 3.03. The molecular formula is C19H19NO3S. The van der Waals surface area contributed by atoms with Gasteiger partial charge in [-0.25, -0.2) is 0 Å². The monoisotopic (exact) mass is 341 g/mol. The molecule has 0 bridgehead atoms. The Labute approximate surface area is 145 Å². The molecule has 1 aliphatic heterocycles. The number of carbonyl (C=O) groups is 2. The molecule has 124 valence electrons. The third kappa shape index (κ3) is 4.38. The van der Waals surface area contributed by atoms with Gasteiger partial charge in [0.05, 0.1) is 6.42 Å². The molecule has 0 aliphatic carbocycles. The third-order valence-corrected chi connectivity index (χ3v) is 4.79. The summed E-state index contributed by atoms with van der Waals surface area (Å²) in [6.07, 6.45) is 1.86. The van der Waals surface area contributed by atoms with Gasteiger partial charge in [0.25, 0.3) is 0 Å². The molecule has 24 heavy (non-hydrogen) atoms. The Kier molecular flexibility index (Phi) is 5.54. The van der Waals surface area contributed by atoms with Crippen molar-refractivity contribution in [2.75, 3.05) is 17.2 Å². The van der Waals surface area contributed by atoms with Crippen LogP contribution < -0.4 is 9.64 Å². The summed E-state index contributed by atoms with van der Waals surface area (Å²) in [5.74, 6) is 1.10. The number of thioether (sulfide) groups is 1. The van der Waals surface area contributed by atoms with Gasteiger partial charge >= 0.3 is 5.97 Å². The van der Waals surface area contributed by atoms with Crippen LogP contribution >= 0.6 is 11.8 Å². The third-order valence-electron chi connectivity index (χ3n) is 3.77. The van der Waals surface area contributed by atoms with Crippen molar-refractivity contribution in [3.63, 3.8) is 0 Å². The van der Waals surface area contributed by atoms with Crippen LogP contribution in [0.25, 0.3) is 0 Å². The first-order chi connectivity index (χ1) is 11.7. The van der Waals surface area contributed by atoms with E-state index in [4.69, 9.17) is 4.74 Å². The lowest BCUT2D eigenvalue weighted by molar-refractivity contribution is -0.133. The number of carbonyl (C=O) groups excluding carboxylic acids is 2. The van der Waals surface area contributed by atoms with E-state index in [0.717, 1.165) is 23.5 Å². The van der Waals surface area contributed by atoms with E-state index in [9.17, 15) is 9.59 Å². The first-order valence-electron chi connectivity index (χ1n) is 8.01. The number of nitrogens with zero attached hydrogens (tertiary/aromatic N) is 1. The van der Waals surface area contributed by atoms with E-state index in [1.165, 1.54) is 0 Å². The van der Waals surface area contributed by atoms with Crippen molar-refractivity contribution < 1.29 is 14.3 Å². The number of benzene rings is 2. The maximum Gasteiger partial charge on any atom is 0.312 e. The van der Waals surface area contributed by atoms with Crippen LogP contribution in [0.5, 0.6) is 5.75 Å². The highest BCUT2D eigenvalue weighted by molar-refractivity contribution is 7.99. The largest absolute Gasteiger partial charge is 0.427 e. The summed E-state index contributed by atoms with van der Waals surface area (Å²) in [6, 6.07) is 17.1. The van der Waals surface area contributed by atoms with E-state index in [2.05, 4.69) is 0 Å². The van der Waals surface area contributed by atoms with Crippen LogP contribution in [0, 0.1) is 0 Å². The Hall–Kier alpha value is -2.27. The molecule has 0 unspecified atom stereocenters. The quantitative estimate of drug-likeness (QED) is 0.454. The molecule has 0 spiro atoms. The van der Waals surface area contributed by atoms with Gasteiger partial charge in [-0.1, -0.05) is 18.2 Å².